The standard InChI is InChI=1S/C3H10N2O2.ClH/c6-4-2-1-3-5-7;/h4-7H,1-3H2;1H. The number of hydrogen-bond acceptors (Lipinski definition) is 4. The molecule has 4 nitrogen and oxygen atoms in total. The Morgan fingerprint density at radius 1 is 1.00 bits per heavy atom. The van der Waals surface area contributed by atoms with Crippen LogP contribution in [-0.2, 0) is 0 Å². The summed E-state index contributed by atoms with van der Waals surface area (Å²) in [5, 5.41) is 15.9. The lowest BCUT2D eigenvalue weighted by molar-refractivity contribution is 0.142. The maximum absolute atomic E-state index is 7.93. The molecule has 0 heterocycles. The van der Waals surface area contributed by atoms with Gasteiger partial charge in [-0.25, -0.2) is 11.0 Å². The van der Waals surface area contributed by atoms with Gasteiger partial charge >= 0.3 is 0 Å². The Labute approximate surface area is 54.2 Å². The largest absolute Gasteiger partial charge is 0.317 e. The molecule has 8 heavy (non-hydrogen) atoms. The molecule has 0 spiro atoms. The second-order valence-electron chi connectivity index (χ2n) is 1.17. The Morgan fingerprint density at radius 2 is 1.38 bits per heavy atom. The van der Waals surface area contributed by atoms with Gasteiger partial charge in [0.15, 0.2) is 0 Å². The van der Waals surface area contributed by atoms with Gasteiger partial charge in [-0.05, 0) is 6.42 Å². The summed E-state index contributed by atoms with van der Waals surface area (Å²) in [4.78, 5) is 0. The van der Waals surface area contributed by atoms with Crippen molar-refractivity contribution in [3.63, 3.8) is 0 Å². The first-order valence-corrected chi connectivity index (χ1v) is 2.15. The Balaban J connectivity index is 0. The molecule has 0 aromatic carbocycles. The van der Waals surface area contributed by atoms with Crippen molar-refractivity contribution in [2.45, 2.75) is 6.42 Å². The van der Waals surface area contributed by atoms with Crippen LogP contribution in [0.1, 0.15) is 6.42 Å². The number of hydroxylamine groups is 2. The highest BCUT2D eigenvalue weighted by atomic mass is 35.5. The number of hydrogen-bond donors (Lipinski definition) is 4. The van der Waals surface area contributed by atoms with E-state index in [4.69, 9.17) is 10.4 Å². The van der Waals surface area contributed by atoms with Crippen LogP contribution in [0, 0.1) is 0 Å². The maximum atomic E-state index is 7.93. The second-order valence-corrected chi connectivity index (χ2v) is 1.17. The Morgan fingerprint density at radius 3 is 1.62 bits per heavy atom. The molecule has 0 fully saturated rings. The maximum Gasteiger partial charge on any atom is 0.0220 e. The summed E-state index contributed by atoms with van der Waals surface area (Å²) in [5.41, 5.74) is 3.90. The van der Waals surface area contributed by atoms with Crippen LogP contribution in [0.5, 0.6) is 0 Å². The average Bonchev–Trinajstić information content (AvgIpc) is 1.69. The summed E-state index contributed by atoms with van der Waals surface area (Å²) in [5.74, 6) is 0. The van der Waals surface area contributed by atoms with E-state index in [-0.39, 0.29) is 12.4 Å². The molecule has 0 unspecified atom stereocenters. The molecule has 0 saturated carbocycles. The molecule has 0 amide bonds. The molecule has 0 bridgehead atoms. The van der Waals surface area contributed by atoms with Crippen LogP contribution >= 0.6 is 12.4 Å². The predicted molar refractivity (Wildman–Crippen MR) is 31.4 cm³/mol. The van der Waals surface area contributed by atoms with Crippen LogP contribution in [-0.4, -0.2) is 23.5 Å². The topological polar surface area (TPSA) is 64.5 Å². The minimum absolute atomic E-state index is 0. The fourth-order valence-electron chi connectivity index (χ4n) is 0.247. The highest BCUT2D eigenvalue weighted by molar-refractivity contribution is 5.85. The van der Waals surface area contributed by atoms with E-state index in [2.05, 4.69) is 0 Å². The van der Waals surface area contributed by atoms with Gasteiger partial charge < -0.3 is 10.4 Å². The van der Waals surface area contributed by atoms with Gasteiger partial charge in [-0.2, -0.15) is 0 Å². The summed E-state index contributed by atoms with van der Waals surface area (Å²) >= 11 is 0. The van der Waals surface area contributed by atoms with Crippen molar-refractivity contribution >= 4 is 12.4 Å². The van der Waals surface area contributed by atoms with Gasteiger partial charge in [-0.3, -0.25) is 0 Å². The lowest BCUT2D eigenvalue weighted by atomic mass is 10.4. The van der Waals surface area contributed by atoms with E-state index in [1.807, 2.05) is 11.0 Å². The molecule has 4 N–H and O–H groups in total. The molecular weight excluding hydrogens is 131 g/mol. The van der Waals surface area contributed by atoms with Crippen LogP contribution in [0.25, 0.3) is 0 Å². The lowest BCUT2D eigenvalue weighted by Crippen LogP contribution is -2.16. The van der Waals surface area contributed by atoms with E-state index in [0.29, 0.717) is 19.5 Å². The quantitative estimate of drug-likeness (QED) is 0.323. The predicted octanol–water partition coefficient (Wildman–Crippen LogP) is -0.244. The SMILES string of the molecule is Cl.ONCCCNO. The Hall–Kier alpha value is 0.130. The molecule has 0 aliphatic heterocycles. The minimum atomic E-state index is 0. The van der Waals surface area contributed by atoms with E-state index < -0.39 is 0 Å². The van der Waals surface area contributed by atoms with Crippen molar-refractivity contribution < 1.29 is 10.4 Å². The van der Waals surface area contributed by atoms with Gasteiger partial charge in [0.1, 0.15) is 0 Å². The first-order valence-electron chi connectivity index (χ1n) is 2.15. The third-order valence-corrected chi connectivity index (χ3v) is 0.577. The molecular formula is C3H11ClN2O2. The lowest BCUT2D eigenvalue weighted by Gasteiger charge is -1.93. The summed E-state index contributed by atoms with van der Waals surface area (Å²) in [6.07, 6.45) is 0.715. The van der Waals surface area contributed by atoms with Gasteiger partial charge in [-0.1, -0.05) is 0 Å². The summed E-state index contributed by atoms with van der Waals surface area (Å²) < 4.78 is 0. The van der Waals surface area contributed by atoms with E-state index in [1.165, 1.54) is 0 Å². The summed E-state index contributed by atoms with van der Waals surface area (Å²) in [6, 6.07) is 0. The van der Waals surface area contributed by atoms with Crippen LogP contribution < -0.4 is 11.0 Å². The first-order chi connectivity index (χ1) is 3.41. The summed E-state index contributed by atoms with van der Waals surface area (Å²) in [7, 11) is 0. The Kier molecular flexibility index (Phi) is 14.0. The fraction of sp³-hybridized carbons (Fsp3) is 1.00. The smallest absolute Gasteiger partial charge is 0.0220 e. The molecule has 52 valence electrons. The molecule has 0 aliphatic carbocycles. The van der Waals surface area contributed by atoms with Crippen molar-refractivity contribution in [2.75, 3.05) is 13.1 Å². The summed E-state index contributed by atoms with van der Waals surface area (Å²) in [6.45, 7) is 1.02. The number of rotatable bonds is 4. The molecule has 0 aromatic heterocycles. The van der Waals surface area contributed by atoms with Gasteiger partial charge in [-0.15, -0.1) is 12.4 Å². The highest BCUT2D eigenvalue weighted by Gasteiger charge is 1.79. The average molecular weight is 143 g/mol. The zero-order chi connectivity index (χ0) is 5.54. The second kappa shape index (κ2) is 10.2. The van der Waals surface area contributed by atoms with Crippen molar-refractivity contribution in [1.29, 1.82) is 0 Å². The van der Waals surface area contributed by atoms with Crippen molar-refractivity contribution in [3.8, 4) is 0 Å². The highest BCUT2D eigenvalue weighted by Crippen LogP contribution is 1.66. The third-order valence-electron chi connectivity index (χ3n) is 0.577. The van der Waals surface area contributed by atoms with Crippen molar-refractivity contribution in [2.24, 2.45) is 0 Å². The van der Waals surface area contributed by atoms with E-state index in [0.717, 1.165) is 0 Å². The fourth-order valence-corrected chi connectivity index (χ4v) is 0.247. The Bertz CT molecular complexity index is 34.5. The van der Waals surface area contributed by atoms with E-state index >= 15 is 0 Å². The van der Waals surface area contributed by atoms with Gasteiger partial charge in [0, 0.05) is 13.1 Å². The molecule has 0 atom stereocenters. The van der Waals surface area contributed by atoms with Crippen LogP contribution in [0.2, 0.25) is 0 Å². The number of halogens is 1. The van der Waals surface area contributed by atoms with Gasteiger partial charge in [0.05, 0.1) is 0 Å². The zero-order valence-corrected chi connectivity index (χ0v) is 5.24. The molecule has 0 aromatic rings. The first kappa shape index (κ1) is 11.0. The normalized spacial score (nSPS) is 8.25. The van der Waals surface area contributed by atoms with Crippen molar-refractivity contribution in [3.05, 3.63) is 0 Å². The molecule has 0 rings (SSSR count). The van der Waals surface area contributed by atoms with E-state index in [9.17, 15) is 0 Å². The van der Waals surface area contributed by atoms with E-state index in [1.54, 1.807) is 0 Å². The number of nitrogens with one attached hydrogen (secondary N) is 2. The molecule has 0 radical (unpaired) electrons. The van der Waals surface area contributed by atoms with Crippen LogP contribution in [0.15, 0.2) is 0 Å². The van der Waals surface area contributed by atoms with Gasteiger partial charge in [0.25, 0.3) is 0 Å². The molecule has 0 aliphatic rings. The van der Waals surface area contributed by atoms with Crippen LogP contribution in [0.4, 0.5) is 0 Å². The molecule has 0 saturated heterocycles. The third kappa shape index (κ3) is 9.46. The van der Waals surface area contributed by atoms with Crippen LogP contribution in [0.3, 0.4) is 0 Å². The minimum Gasteiger partial charge on any atom is -0.317 e. The van der Waals surface area contributed by atoms with Crippen molar-refractivity contribution in [1.82, 2.24) is 11.0 Å². The molecule has 5 heteroatoms. The monoisotopic (exact) mass is 142 g/mol. The van der Waals surface area contributed by atoms with Gasteiger partial charge in [0.2, 0.25) is 0 Å². The zero-order valence-electron chi connectivity index (χ0n) is 4.42.